The van der Waals surface area contributed by atoms with Crippen molar-refractivity contribution in [2.45, 2.75) is 67.3 Å². The van der Waals surface area contributed by atoms with Crippen LogP contribution in [0.1, 0.15) is 61.8 Å². The molecule has 3 heteroatoms. The number of rotatable bonds is 3. The summed E-state index contributed by atoms with van der Waals surface area (Å²) in [4.78, 5) is 15.0. The summed E-state index contributed by atoms with van der Waals surface area (Å²) in [6, 6.07) is 0. The quantitative estimate of drug-likeness (QED) is 0.711. The number of amides is 1. The molecule has 1 amide bonds. The van der Waals surface area contributed by atoms with Crippen molar-refractivity contribution >= 4 is 23.1 Å². The number of nitrogens with zero attached hydrogens (tertiary/aromatic N) is 1. The smallest absolute Gasteiger partial charge is 0.231 e. The highest BCUT2D eigenvalue weighted by Crippen LogP contribution is 2.30. The van der Waals surface area contributed by atoms with Crippen molar-refractivity contribution in [3.8, 4) is 0 Å². The predicted molar refractivity (Wildman–Crippen MR) is 78.1 cm³/mol. The van der Waals surface area contributed by atoms with Gasteiger partial charge in [-0.3, -0.25) is 4.79 Å². The lowest BCUT2D eigenvalue weighted by Crippen LogP contribution is -2.52. The van der Waals surface area contributed by atoms with Crippen LogP contribution in [0.5, 0.6) is 0 Å². The van der Waals surface area contributed by atoms with Crippen LogP contribution in [0.4, 0.5) is 0 Å². The highest BCUT2D eigenvalue weighted by Gasteiger charge is 2.37. The van der Waals surface area contributed by atoms with Gasteiger partial charge in [0.15, 0.2) is 0 Å². The molecule has 17 heavy (non-hydrogen) atoms. The first-order chi connectivity index (χ1) is 7.45. The van der Waals surface area contributed by atoms with Gasteiger partial charge in [-0.15, -0.1) is 0 Å². The minimum Gasteiger partial charge on any atom is -0.301 e. The molecule has 0 aliphatic carbocycles. The lowest BCUT2D eigenvalue weighted by molar-refractivity contribution is -0.138. The zero-order valence-electron chi connectivity index (χ0n) is 12.5. The van der Waals surface area contributed by atoms with E-state index in [2.05, 4.69) is 41.5 Å². The first kappa shape index (κ1) is 16.6. The zero-order chi connectivity index (χ0) is 14.0. The molecule has 1 unspecified atom stereocenters. The summed E-state index contributed by atoms with van der Waals surface area (Å²) in [5, 5.41) is 0. The van der Waals surface area contributed by atoms with Gasteiger partial charge >= 0.3 is 0 Å². The average Bonchev–Trinajstić information content (AvgIpc) is 2.14. The van der Waals surface area contributed by atoms with Crippen LogP contribution in [0.15, 0.2) is 0 Å². The molecule has 0 aliphatic heterocycles. The van der Waals surface area contributed by atoms with Gasteiger partial charge in [0, 0.05) is 11.5 Å². The minimum atomic E-state index is -0.206. The van der Waals surface area contributed by atoms with E-state index in [9.17, 15) is 4.79 Å². The Bertz CT molecular complexity index is 302. The van der Waals surface area contributed by atoms with Gasteiger partial charge in [0.05, 0.1) is 4.99 Å². The molecule has 0 aromatic carbocycles. The Balaban J connectivity index is 5.25. The van der Waals surface area contributed by atoms with E-state index < -0.39 is 0 Å². The van der Waals surface area contributed by atoms with E-state index in [0.717, 1.165) is 6.42 Å². The monoisotopic (exact) mass is 257 g/mol. The summed E-state index contributed by atoms with van der Waals surface area (Å²) < 4.78 is 0. The van der Waals surface area contributed by atoms with Gasteiger partial charge in [0.1, 0.15) is 0 Å². The second-order valence-corrected chi connectivity index (χ2v) is 7.04. The first-order valence-corrected chi connectivity index (χ1v) is 6.70. The molecule has 0 N–H and O–H groups in total. The standard InChI is InChI=1S/C14H27NOS/c1-9-14(7,8)15(11(3)17)12(16)10(2)13(4,5)6/h10H,9H2,1-8H3. The molecule has 0 aliphatic rings. The molecule has 0 rings (SSSR count). The van der Waals surface area contributed by atoms with Crippen LogP contribution in [-0.2, 0) is 4.79 Å². The van der Waals surface area contributed by atoms with Gasteiger partial charge in [-0.2, -0.15) is 0 Å². The highest BCUT2D eigenvalue weighted by atomic mass is 32.1. The maximum Gasteiger partial charge on any atom is 0.231 e. The van der Waals surface area contributed by atoms with Crippen LogP contribution in [0.25, 0.3) is 0 Å². The molecule has 0 heterocycles. The molecule has 0 aromatic rings. The lowest BCUT2D eigenvalue weighted by atomic mass is 9.80. The number of carbonyl (C=O) groups excluding carboxylic acids is 1. The van der Waals surface area contributed by atoms with Crippen molar-refractivity contribution in [1.82, 2.24) is 4.90 Å². The van der Waals surface area contributed by atoms with E-state index >= 15 is 0 Å². The average molecular weight is 257 g/mol. The third kappa shape index (κ3) is 4.06. The Kier molecular flexibility index (Phi) is 5.33. The Morgan fingerprint density at radius 1 is 1.24 bits per heavy atom. The van der Waals surface area contributed by atoms with E-state index in [-0.39, 0.29) is 22.8 Å². The molecule has 1 atom stereocenters. The number of carbonyl (C=O) groups is 1. The number of hydrogen-bond acceptors (Lipinski definition) is 2. The van der Waals surface area contributed by atoms with Crippen LogP contribution < -0.4 is 0 Å². The summed E-state index contributed by atoms with van der Waals surface area (Å²) in [7, 11) is 0. The summed E-state index contributed by atoms with van der Waals surface area (Å²) >= 11 is 5.25. The first-order valence-electron chi connectivity index (χ1n) is 6.29. The SMILES string of the molecule is CCC(C)(C)N(C(=O)C(C)C(C)(C)C)C(C)=S. The van der Waals surface area contributed by atoms with Crippen LogP contribution >= 0.6 is 12.2 Å². The largest absolute Gasteiger partial charge is 0.301 e. The molecule has 0 aromatic heterocycles. The lowest BCUT2D eigenvalue weighted by Gasteiger charge is -2.41. The van der Waals surface area contributed by atoms with Crippen LogP contribution in [-0.4, -0.2) is 21.3 Å². The van der Waals surface area contributed by atoms with Crippen molar-refractivity contribution in [3.05, 3.63) is 0 Å². The second kappa shape index (κ2) is 5.47. The molecule has 0 saturated carbocycles. The fourth-order valence-corrected chi connectivity index (χ4v) is 1.94. The molecule has 0 radical (unpaired) electrons. The van der Waals surface area contributed by atoms with E-state index in [1.54, 1.807) is 4.90 Å². The van der Waals surface area contributed by atoms with E-state index in [4.69, 9.17) is 12.2 Å². The zero-order valence-corrected chi connectivity index (χ0v) is 13.4. The summed E-state index contributed by atoms with van der Waals surface area (Å²) in [6.45, 7) is 16.3. The number of thiocarbonyl (C=S) groups is 1. The predicted octanol–water partition coefficient (Wildman–Crippen LogP) is 4.03. The molecule has 0 fully saturated rings. The molecule has 0 spiro atoms. The molecule has 0 saturated heterocycles. The van der Waals surface area contributed by atoms with Crippen molar-refractivity contribution in [2.75, 3.05) is 0 Å². The van der Waals surface area contributed by atoms with Gasteiger partial charge in [0.25, 0.3) is 0 Å². The highest BCUT2D eigenvalue weighted by molar-refractivity contribution is 7.80. The second-order valence-electron chi connectivity index (χ2n) is 6.45. The van der Waals surface area contributed by atoms with E-state index in [0.29, 0.717) is 4.99 Å². The van der Waals surface area contributed by atoms with Crippen LogP contribution in [0.3, 0.4) is 0 Å². The van der Waals surface area contributed by atoms with Crippen molar-refractivity contribution < 1.29 is 4.79 Å². The van der Waals surface area contributed by atoms with E-state index in [1.165, 1.54) is 0 Å². The van der Waals surface area contributed by atoms with Gasteiger partial charge in [-0.05, 0) is 32.6 Å². The number of hydrogen-bond donors (Lipinski definition) is 0. The molecular weight excluding hydrogens is 230 g/mol. The van der Waals surface area contributed by atoms with Gasteiger partial charge in [-0.1, -0.05) is 46.8 Å². The fourth-order valence-electron chi connectivity index (χ4n) is 1.60. The van der Waals surface area contributed by atoms with E-state index in [1.807, 2.05) is 13.8 Å². The van der Waals surface area contributed by atoms with Crippen LogP contribution in [0, 0.1) is 11.3 Å². The normalized spacial score (nSPS) is 14.4. The van der Waals surface area contributed by atoms with Crippen LogP contribution in [0.2, 0.25) is 0 Å². The Morgan fingerprint density at radius 2 is 1.65 bits per heavy atom. The maximum absolute atomic E-state index is 12.6. The Labute approximate surface area is 112 Å². The summed E-state index contributed by atoms with van der Waals surface area (Å²) in [5.74, 6) is 0.100. The molecular formula is C14H27NOS. The van der Waals surface area contributed by atoms with Gasteiger partial charge < -0.3 is 4.90 Å². The maximum atomic E-state index is 12.6. The Morgan fingerprint density at radius 3 is 1.88 bits per heavy atom. The topological polar surface area (TPSA) is 20.3 Å². The molecule has 2 nitrogen and oxygen atoms in total. The van der Waals surface area contributed by atoms with Crippen molar-refractivity contribution in [3.63, 3.8) is 0 Å². The third-order valence-electron chi connectivity index (χ3n) is 3.68. The Hall–Kier alpha value is -0.440. The van der Waals surface area contributed by atoms with Gasteiger partial charge in [-0.25, -0.2) is 0 Å². The minimum absolute atomic E-state index is 0.0359. The molecule has 100 valence electrons. The van der Waals surface area contributed by atoms with Gasteiger partial charge in [0.2, 0.25) is 5.91 Å². The summed E-state index contributed by atoms with van der Waals surface area (Å²) in [5.41, 5.74) is -0.244. The third-order valence-corrected chi connectivity index (χ3v) is 3.86. The molecule has 0 bridgehead atoms. The fraction of sp³-hybridized carbons (Fsp3) is 0.857. The van der Waals surface area contributed by atoms with Crippen molar-refractivity contribution in [2.24, 2.45) is 11.3 Å². The summed E-state index contributed by atoms with van der Waals surface area (Å²) in [6.07, 6.45) is 0.892. The van der Waals surface area contributed by atoms with Crippen molar-refractivity contribution in [1.29, 1.82) is 0 Å².